The molecule has 0 aromatic heterocycles. The number of rotatable bonds is 5. The van der Waals surface area contributed by atoms with Crippen molar-refractivity contribution in [3.63, 3.8) is 0 Å². The van der Waals surface area contributed by atoms with Crippen LogP contribution in [0.2, 0.25) is 0 Å². The maximum absolute atomic E-state index is 11.4. The molecular weight excluding hydrogens is 232 g/mol. The molecule has 0 aliphatic rings. The molecule has 0 heterocycles. The summed E-state index contributed by atoms with van der Waals surface area (Å²) >= 11 is 0. The molecule has 0 radical (unpaired) electrons. The van der Waals surface area contributed by atoms with E-state index in [1.807, 2.05) is 6.07 Å². The Kier molecular flexibility index (Phi) is 4.99. The van der Waals surface area contributed by atoms with Gasteiger partial charge >= 0.3 is 5.97 Å². The number of carbonyl (C=O) groups excluding carboxylic acids is 1. The third-order valence-electron chi connectivity index (χ3n) is 2.37. The molecule has 0 atom stereocenters. The van der Waals surface area contributed by atoms with Crippen molar-refractivity contribution in [2.24, 2.45) is 0 Å². The van der Waals surface area contributed by atoms with Gasteiger partial charge in [-0.05, 0) is 23.8 Å². The van der Waals surface area contributed by atoms with Crippen LogP contribution >= 0.6 is 0 Å². The zero-order valence-corrected chi connectivity index (χ0v) is 10.7. The van der Waals surface area contributed by atoms with E-state index in [9.17, 15) is 4.79 Å². The molecule has 4 heteroatoms. The fraction of sp³-hybridized carbons (Fsp3) is 0.214. The molecule has 0 N–H and O–H groups in total. The second-order valence-corrected chi connectivity index (χ2v) is 3.41. The van der Waals surface area contributed by atoms with Crippen LogP contribution in [0.3, 0.4) is 0 Å². The maximum atomic E-state index is 11.4. The van der Waals surface area contributed by atoms with E-state index in [0.29, 0.717) is 17.1 Å². The predicted molar refractivity (Wildman–Crippen MR) is 69.7 cm³/mol. The Morgan fingerprint density at radius 2 is 1.83 bits per heavy atom. The van der Waals surface area contributed by atoms with Gasteiger partial charge in [-0.3, -0.25) is 0 Å². The van der Waals surface area contributed by atoms with Crippen LogP contribution in [0.15, 0.2) is 36.4 Å². The van der Waals surface area contributed by atoms with Crippen LogP contribution in [-0.2, 0) is 9.53 Å². The lowest BCUT2D eigenvalue weighted by Gasteiger charge is -2.08. The van der Waals surface area contributed by atoms with Crippen molar-refractivity contribution in [3.05, 3.63) is 42.0 Å². The fourth-order valence-corrected chi connectivity index (χ4v) is 1.44. The minimum Gasteiger partial charge on any atom is -0.493 e. The summed E-state index contributed by atoms with van der Waals surface area (Å²) in [5, 5.41) is 0. The summed E-state index contributed by atoms with van der Waals surface area (Å²) in [6.07, 6.45) is 3.11. The van der Waals surface area contributed by atoms with E-state index in [-0.39, 0.29) is 0 Å². The summed E-state index contributed by atoms with van der Waals surface area (Å²) < 4.78 is 15.0. The molecule has 0 saturated heterocycles. The van der Waals surface area contributed by atoms with Crippen LogP contribution < -0.4 is 9.47 Å². The van der Waals surface area contributed by atoms with E-state index >= 15 is 0 Å². The topological polar surface area (TPSA) is 44.8 Å². The highest BCUT2D eigenvalue weighted by atomic mass is 16.5. The highest BCUT2D eigenvalue weighted by molar-refractivity contribution is 5.96. The Hall–Kier alpha value is -2.23. The van der Waals surface area contributed by atoms with Gasteiger partial charge in [0, 0.05) is 0 Å². The van der Waals surface area contributed by atoms with Crippen molar-refractivity contribution in [2.45, 2.75) is 0 Å². The molecule has 1 aromatic rings. The smallest absolute Gasteiger partial charge is 0.337 e. The van der Waals surface area contributed by atoms with Gasteiger partial charge in [-0.1, -0.05) is 18.7 Å². The van der Waals surface area contributed by atoms with E-state index in [1.54, 1.807) is 32.4 Å². The number of ether oxygens (including phenoxy) is 3. The maximum Gasteiger partial charge on any atom is 0.337 e. The Morgan fingerprint density at radius 1 is 1.17 bits per heavy atom. The molecule has 4 nitrogen and oxygen atoms in total. The molecular formula is C14H16O4. The lowest BCUT2D eigenvalue weighted by molar-refractivity contribution is -0.135. The highest BCUT2D eigenvalue weighted by Crippen LogP contribution is 2.28. The summed E-state index contributed by atoms with van der Waals surface area (Å²) in [4.78, 5) is 11.4. The molecule has 0 bridgehead atoms. The number of hydrogen-bond acceptors (Lipinski definition) is 4. The number of carbonyl (C=O) groups is 1. The first kappa shape index (κ1) is 13.8. The Morgan fingerprint density at radius 3 is 2.33 bits per heavy atom. The molecule has 1 aromatic carbocycles. The second-order valence-electron chi connectivity index (χ2n) is 3.41. The first-order valence-corrected chi connectivity index (χ1v) is 5.30. The number of esters is 1. The van der Waals surface area contributed by atoms with E-state index in [2.05, 4.69) is 11.3 Å². The standard InChI is InChI=1S/C14H16O4/c1-5-11(14(15)18-4)8-10-6-7-12(16-2)13(9-10)17-3/h5-9H,1H2,2-4H3/b11-8+. The number of methoxy groups -OCH3 is 3. The fourth-order valence-electron chi connectivity index (χ4n) is 1.44. The Balaban J connectivity index is 3.14. The van der Waals surface area contributed by atoms with Crippen LogP contribution in [0.1, 0.15) is 5.56 Å². The summed E-state index contributed by atoms with van der Waals surface area (Å²) in [5.41, 5.74) is 1.18. The van der Waals surface area contributed by atoms with Crippen molar-refractivity contribution in [1.29, 1.82) is 0 Å². The van der Waals surface area contributed by atoms with Gasteiger partial charge in [-0.25, -0.2) is 4.79 Å². The summed E-state index contributed by atoms with van der Waals surface area (Å²) in [6, 6.07) is 5.35. The molecule has 1 rings (SSSR count). The largest absolute Gasteiger partial charge is 0.493 e. The zero-order chi connectivity index (χ0) is 13.5. The molecule has 0 unspecified atom stereocenters. The quantitative estimate of drug-likeness (QED) is 0.456. The normalized spacial score (nSPS) is 10.7. The van der Waals surface area contributed by atoms with Crippen molar-refractivity contribution >= 4 is 12.0 Å². The minimum atomic E-state index is -0.431. The monoisotopic (exact) mass is 248 g/mol. The molecule has 0 aliphatic heterocycles. The first-order chi connectivity index (χ1) is 8.65. The third kappa shape index (κ3) is 3.13. The van der Waals surface area contributed by atoms with Gasteiger partial charge in [0.05, 0.1) is 26.9 Å². The van der Waals surface area contributed by atoms with Crippen LogP contribution in [0.5, 0.6) is 11.5 Å². The van der Waals surface area contributed by atoms with Gasteiger partial charge in [-0.15, -0.1) is 0 Å². The van der Waals surface area contributed by atoms with Crippen LogP contribution in [-0.4, -0.2) is 27.3 Å². The van der Waals surface area contributed by atoms with Crippen LogP contribution in [0, 0.1) is 0 Å². The molecule has 0 amide bonds. The highest BCUT2D eigenvalue weighted by Gasteiger charge is 2.07. The third-order valence-corrected chi connectivity index (χ3v) is 2.37. The van der Waals surface area contributed by atoms with Gasteiger partial charge in [0.2, 0.25) is 0 Å². The van der Waals surface area contributed by atoms with Gasteiger partial charge in [-0.2, -0.15) is 0 Å². The molecule has 0 fully saturated rings. The molecule has 96 valence electrons. The Bertz CT molecular complexity index is 475. The van der Waals surface area contributed by atoms with Crippen molar-refractivity contribution in [3.8, 4) is 11.5 Å². The summed E-state index contributed by atoms with van der Waals surface area (Å²) in [7, 11) is 4.45. The van der Waals surface area contributed by atoms with Gasteiger partial charge in [0.15, 0.2) is 11.5 Å². The predicted octanol–water partition coefficient (Wildman–Crippen LogP) is 2.45. The number of hydrogen-bond donors (Lipinski definition) is 0. The second kappa shape index (κ2) is 6.49. The summed E-state index contributed by atoms with van der Waals surface area (Å²) in [6.45, 7) is 3.58. The Labute approximate surface area is 106 Å². The van der Waals surface area contributed by atoms with Gasteiger partial charge < -0.3 is 14.2 Å². The van der Waals surface area contributed by atoms with E-state index in [4.69, 9.17) is 9.47 Å². The van der Waals surface area contributed by atoms with Gasteiger partial charge in [0.1, 0.15) is 0 Å². The zero-order valence-electron chi connectivity index (χ0n) is 10.7. The lowest BCUT2D eigenvalue weighted by atomic mass is 10.1. The first-order valence-electron chi connectivity index (χ1n) is 5.30. The number of benzene rings is 1. The van der Waals surface area contributed by atoms with E-state index < -0.39 is 5.97 Å². The molecule has 0 saturated carbocycles. The van der Waals surface area contributed by atoms with Crippen molar-refractivity contribution in [1.82, 2.24) is 0 Å². The van der Waals surface area contributed by atoms with Crippen LogP contribution in [0.25, 0.3) is 6.08 Å². The SMILES string of the molecule is C=C/C(=C\c1ccc(OC)c(OC)c1)C(=O)OC. The summed E-state index contributed by atoms with van der Waals surface area (Å²) in [5.74, 6) is 0.798. The molecule has 0 spiro atoms. The lowest BCUT2D eigenvalue weighted by Crippen LogP contribution is -2.02. The van der Waals surface area contributed by atoms with E-state index in [0.717, 1.165) is 5.56 Å². The minimum absolute atomic E-state index is 0.379. The van der Waals surface area contributed by atoms with Crippen molar-refractivity contribution in [2.75, 3.05) is 21.3 Å². The molecule has 18 heavy (non-hydrogen) atoms. The average Bonchev–Trinajstić information content (AvgIpc) is 2.43. The molecule has 0 aliphatic carbocycles. The van der Waals surface area contributed by atoms with Gasteiger partial charge in [0.25, 0.3) is 0 Å². The van der Waals surface area contributed by atoms with E-state index in [1.165, 1.54) is 13.2 Å². The van der Waals surface area contributed by atoms with Crippen molar-refractivity contribution < 1.29 is 19.0 Å². The average molecular weight is 248 g/mol. The van der Waals surface area contributed by atoms with Crippen LogP contribution in [0.4, 0.5) is 0 Å².